The molecular formula is C30H40N4O. The SMILES string of the molecule is O=C(C1CC12CCN(Cc1ccc(N3CCCC3)cc1)CC2)N1CCN(Cc2ccccc2)CC1. The van der Waals surface area contributed by atoms with E-state index in [1.807, 2.05) is 0 Å². The Morgan fingerprint density at radius 1 is 0.714 bits per heavy atom. The summed E-state index contributed by atoms with van der Waals surface area (Å²) in [6.45, 7) is 10.5. The normalized spacial score (nSPS) is 24.7. The molecule has 5 heteroatoms. The summed E-state index contributed by atoms with van der Waals surface area (Å²) >= 11 is 0. The highest BCUT2D eigenvalue weighted by molar-refractivity contribution is 5.83. The molecule has 4 fully saturated rings. The van der Waals surface area contributed by atoms with E-state index < -0.39 is 0 Å². The number of piperazine rings is 1. The molecule has 6 rings (SSSR count). The van der Waals surface area contributed by atoms with Crippen molar-refractivity contribution in [2.75, 3.05) is 57.3 Å². The van der Waals surface area contributed by atoms with Crippen LogP contribution in [0, 0.1) is 11.3 Å². The molecule has 1 amide bonds. The fourth-order valence-electron chi connectivity index (χ4n) is 6.64. The van der Waals surface area contributed by atoms with Gasteiger partial charge in [-0.25, -0.2) is 0 Å². The van der Waals surface area contributed by atoms with E-state index in [0.29, 0.717) is 11.3 Å². The molecule has 1 unspecified atom stereocenters. The Morgan fingerprint density at radius 2 is 1.31 bits per heavy atom. The Hall–Kier alpha value is -2.37. The zero-order valence-electron chi connectivity index (χ0n) is 21.1. The standard InChI is InChI=1S/C30H40N4O/c35-29(34-20-18-32(19-21-34)23-25-6-2-1-3-7-25)28-22-30(28)12-16-31(17-13-30)24-26-8-10-27(11-9-26)33-14-4-5-15-33/h1-3,6-11,28H,4-5,12-24H2. The van der Waals surface area contributed by atoms with Crippen LogP contribution in [0.2, 0.25) is 0 Å². The summed E-state index contributed by atoms with van der Waals surface area (Å²) in [5.41, 5.74) is 4.46. The molecule has 3 saturated heterocycles. The van der Waals surface area contributed by atoms with E-state index in [4.69, 9.17) is 0 Å². The average molecular weight is 473 g/mol. The Labute approximate surface area is 210 Å². The topological polar surface area (TPSA) is 30.0 Å². The molecule has 186 valence electrons. The number of rotatable bonds is 6. The lowest BCUT2D eigenvalue weighted by atomic mass is 9.90. The molecule has 1 atom stereocenters. The van der Waals surface area contributed by atoms with Gasteiger partial charge in [-0.2, -0.15) is 0 Å². The molecule has 2 aromatic carbocycles. The third kappa shape index (κ3) is 5.12. The second-order valence-electron chi connectivity index (χ2n) is 11.3. The van der Waals surface area contributed by atoms with Crippen molar-refractivity contribution in [3.05, 3.63) is 65.7 Å². The van der Waals surface area contributed by atoms with E-state index in [-0.39, 0.29) is 5.92 Å². The molecular weight excluding hydrogens is 432 g/mol. The summed E-state index contributed by atoms with van der Waals surface area (Å²) in [7, 11) is 0. The maximum absolute atomic E-state index is 13.3. The molecule has 0 aromatic heterocycles. The minimum absolute atomic E-state index is 0.282. The van der Waals surface area contributed by atoms with Crippen LogP contribution >= 0.6 is 0 Å². The number of likely N-dealkylation sites (tertiary alicyclic amines) is 1. The van der Waals surface area contributed by atoms with E-state index >= 15 is 0 Å². The zero-order chi connectivity index (χ0) is 23.7. The Morgan fingerprint density at radius 3 is 1.97 bits per heavy atom. The number of piperidine rings is 1. The number of carbonyl (C=O) groups is 1. The fraction of sp³-hybridized carbons (Fsp3) is 0.567. The van der Waals surface area contributed by atoms with Gasteiger partial charge in [-0.15, -0.1) is 0 Å². The van der Waals surface area contributed by atoms with Crippen LogP contribution < -0.4 is 4.90 Å². The molecule has 1 aliphatic carbocycles. The number of carbonyl (C=O) groups excluding carboxylic acids is 1. The molecule has 3 aliphatic heterocycles. The lowest BCUT2D eigenvalue weighted by Crippen LogP contribution is -2.49. The van der Waals surface area contributed by atoms with Gasteiger partial charge in [0, 0.05) is 64.0 Å². The van der Waals surface area contributed by atoms with Crippen LogP contribution in [-0.4, -0.2) is 73.0 Å². The van der Waals surface area contributed by atoms with Crippen LogP contribution in [-0.2, 0) is 17.9 Å². The van der Waals surface area contributed by atoms with Crippen LogP contribution in [0.1, 0.15) is 43.2 Å². The van der Waals surface area contributed by atoms with Crippen molar-refractivity contribution in [3.63, 3.8) is 0 Å². The second-order valence-corrected chi connectivity index (χ2v) is 11.3. The van der Waals surface area contributed by atoms with E-state index in [0.717, 1.165) is 58.8 Å². The van der Waals surface area contributed by atoms with Crippen molar-refractivity contribution in [1.82, 2.24) is 14.7 Å². The molecule has 1 spiro atoms. The summed E-state index contributed by atoms with van der Waals surface area (Å²) in [5.74, 6) is 0.723. The minimum atomic E-state index is 0.282. The molecule has 0 bridgehead atoms. The van der Waals surface area contributed by atoms with Gasteiger partial charge in [0.05, 0.1) is 0 Å². The van der Waals surface area contributed by atoms with E-state index in [9.17, 15) is 4.79 Å². The van der Waals surface area contributed by atoms with Crippen molar-refractivity contribution >= 4 is 11.6 Å². The third-order valence-electron chi connectivity index (χ3n) is 9.09. The number of hydrogen-bond donors (Lipinski definition) is 0. The monoisotopic (exact) mass is 472 g/mol. The maximum Gasteiger partial charge on any atom is 0.226 e. The lowest BCUT2D eigenvalue weighted by molar-refractivity contribution is -0.135. The van der Waals surface area contributed by atoms with Gasteiger partial charge in [-0.05, 0) is 73.9 Å². The quantitative estimate of drug-likeness (QED) is 0.629. The first kappa shape index (κ1) is 23.1. The van der Waals surface area contributed by atoms with Crippen molar-refractivity contribution in [3.8, 4) is 0 Å². The van der Waals surface area contributed by atoms with Gasteiger partial charge in [0.15, 0.2) is 0 Å². The molecule has 2 aromatic rings. The first-order valence-corrected chi connectivity index (χ1v) is 13.8. The molecule has 5 nitrogen and oxygen atoms in total. The highest BCUT2D eigenvalue weighted by Crippen LogP contribution is 2.60. The summed E-state index contributed by atoms with van der Waals surface area (Å²) in [5, 5.41) is 0. The summed E-state index contributed by atoms with van der Waals surface area (Å²) in [4.78, 5) is 23.0. The molecule has 35 heavy (non-hydrogen) atoms. The predicted molar refractivity (Wildman–Crippen MR) is 141 cm³/mol. The predicted octanol–water partition coefficient (Wildman–Crippen LogP) is 4.23. The van der Waals surface area contributed by atoms with E-state index in [2.05, 4.69) is 74.2 Å². The van der Waals surface area contributed by atoms with Crippen molar-refractivity contribution in [2.45, 2.75) is 45.2 Å². The van der Waals surface area contributed by atoms with Gasteiger partial charge in [0.25, 0.3) is 0 Å². The fourth-order valence-corrected chi connectivity index (χ4v) is 6.64. The molecule has 3 heterocycles. The van der Waals surface area contributed by atoms with Gasteiger partial charge in [0.1, 0.15) is 0 Å². The van der Waals surface area contributed by atoms with Gasteiger partial charge in [-0.1, -0.05) is 42.5 Å². The summed E-state index contributed by atoms with van der Waals surface area (Å²) in [6.07, 6.45) is 6.14. The molecule has 4 aliphatic rings. The van der Waals surface area contributed by atoms with Crippen molar-refractivity contribution < 1.29 is 4.79 Å². The van der Waals surface area contributed by atoms with Crippen LogP contribution in [0.4, 0.5) is 5.69 Å². The Kier molecular flexibility index (Phi) is 6.55. The third-order valence-corrected chi connectivity index (χ3v) is 9.09. The van der Waals surface area contributed by atoms with Crippen molar-refractivity contribution in [2.24, 2.45) is 11.3 Å². The molecule has 0 radical (unpaired) electrons. The number of nitrogens with zero attached hydrogens (tertiary/aromatic N) is 4. The number of benzene rings is 2. The molecule has 0 N–H and O–H groups in total. The van der Waals surface area contributed by atoms with Gasteiger partial charge in [-0.3, -0.25) is 14.6 Å². The largest absolute Gasteiger partial charge is 0.372 e. The highest BCUT2D eigenvalue weighted by Gasteiger charge is 2.59. The van der Waals surface area contributed by atoms with Crippen LogP contribution in [0.5, 0.6) is 0 Å². The average Bonchev–Trinajstić information content (AvgIpc) is 3.31. The van der Waals surface area contributed by atoms with Crippen molar-refractivity contribution in [1.29, 1.82) is 0 Å². The summed E-state index contributed by atoms with van der Waals surface area (Å²) in [6, 6.07) is 19.9. The second kappa shape index (κ2) is 9.94. The first-order chi connectivity index (χ1) is 17.2. The number of hydrogen-bond acceptors (Lipinski definition) is 4. The van der Waals surface area contributed by atoms with Crippen LogP contribution in [0.15, 0.2) is 54.6 Å². The Balaban J connectivity index is 0.947. The van der Waals surface area contributed by atoms with Gasteiger partial charge < -0.3 is 9.80 Å². The molecule has 1 saturated carbocycles. The van der Waals surface area contributed by atoms with E-state index in [1.54, 1.807) is 0 Å². The summed E-state index contributed by atoms with van der Waals surface area (Å²) < 4.78 is 0. The zero-order valence-corrected chi connectivity index (χ0v) is 21.1. The minimum Gasteiger partial charge on any atom is -0.372 e. The van der Waals surface area contributed by atoms with Gasteiger partial charge >= 0.3 is 0 Å². The number of anilines is 1. The smallest absolute Gasteiger partial charge is 0.226 e. The highest BCUT2D eigenvalue weighted by atomic mass is 16.2. The van der Waals surface area contributed by atoms with Crippen LogP contribution in [0.25, 0.3) is 0 Å². The Bertz CT molecular complexity index is 985. The van der Waals surface area contributed by atoms with E-state index in [1.165, 1.54) is 55.6 Å². The van der Waals surface area contributed by atoms with Gasteiger partial charge in [0.2, 0.25) is 5.91 Å². The first-order valence-electron chi connectivity index (χ1n) is 13.8. The number of amides is 1. The lowest BCUT2D eigenvalue weighted by Gasteiger charge is -2.36. The van der Waals surface area contributed by atoms with Crippen LogP contribution in [0.3, 0.4) is 0 Å². The maximum atomic E-state index is 13.3.